The van der Waals surface area contributed by atoms with Crippen LogP contribution >= 0.6 is 0 Å². The first kappa shape index (κ1) is 27.0. The molecule has 4 aromatic carbocycles. The quantitative estimate of drug-likeness (QED) is 0.160. The van der Waals surface area contributed by atoms with Crippen LogP contribution in [0, 0.1) is 0 Å². The number of anilines is 4. The molecule has 6 aromatic rings. The maximum atomic E-state index is 6.15. The zero-order valence-corrected chi connectivity index (χ0v) is 23.8. The van der Waals surface area contributed by atoms with E-state index in [-0.39, 0.29) is 0 Å². The first-order valence-electron chi connectivity index (χ1n) is 14.5. The lowest BCUT2D eigenvalue weighted by Crippen LogP contribution is -2.24. The fraction of sp³-hybridized carbons (Fsp3) is 0.171. The summed E-state index contributed by atoms with van der Waals surface area (Å²) in [7, 11) is 0. The van der Waals surface area contributed by atoms with E-state index in [4.69, 9.17) is 20.7 Å². The van der Waals surface area contributed by atoms with E-state index in [0.717, 1.165) is 29.1 Å². The highest BCUT2D eigenvalue weighted by Crippen LogP contribution is 2.30. The standard InChI is InChI=1S/C35H35N7/c1-2-3-11-26-18-20-30(21-19-26)38-35-39-33(32-34(40-35)42(25-37-32)31-17-10-16-29(36)22-31)41(23-27-12-6-4-7-13-27)24-28-14-8-5-9-15-28/h4-10,12-22,25H,2-3,11,23-24,36H2,1H3,(H,38,39,40). The third kappa shape index (κ3) is 6.25. The highest BCUT2D eigenvalue weighted by Gasteiger charge is 2.20. The molecule has 0 bridgehead atoms. The zero-order valence-electron chi connectivity index (χ0n) is 23.8. The summed E-state index contributed by atoms with van der Waals surface area (Å²) in [5.41, 5.74) is 13.8. The third-order valence-electron chi connectivity index (χ3n) is 7.29. The molecule has 0 amide bonds. The Morgan fingerprint density at radius 3 is 2.10 bits per heavy atom. The summed E-state index contributed by atoms with van der Waals surface area (Å²) in [6.07, 6.45) is 5.24. The number of hydrogen-bond acceptors (Lipinski definition) is 6. The number of unbranched alkanes of at least 4 members (excludes halogenated alkanes) is 1. The fourth-order valence-corrected chi connectivity index (χ4v) is 5.10. The Morgan fingerprint density at radius 2 is 1.45 bits per heavy atom. The number of nitrogens with zero attached hydrogens (tertiary/aromatic N) is 5. The molecule has 0 saturated heterocycles. The Balaban J connectivity index is 1.46. The maximum Gasteiger partial charge on any atom is 0.231 e. The molecule has 0 aliphatic rings. The van der Waals surface area contributed by atoms with Gasteiger partial charge in [0.05, 0.1) is 5.69 Å². The molecule has 7 heteroatoms. The summed E-state index contributed by atoms with van der Waals surface area (Å²) in [6, 6.07) is 37.2. The molecule has 0 spiro atoms. The van der Waals surface area contributed by atoms with Crippen LogP contribution in [0.3, 0.4) is 0 Å². The van der Waals surface area contributed by atoms with Crippen LogP contribution in [-0.2, 0) is 19.5 Å². The van der Waals surface area contributed by atoms with Crippen molar-refractivity contribution < 1.29 is 0 Å². The van der Waals surface area contributed by atoms with E-state index >= 15 is 0 Å². The molecule has 210 valence electrons. The van der Waals surface area contributed by atoms with Gasteiger partial charge in [-0.1, -0.05) is 92.2 Å². The van der Waals surface area contributed by atoms with Crippen LogP contribution in [0.25, 0.3) is 16.9 Å². The second kappa shape index (κ2) is 12.6. The lowest BCUT2D eigenvalue weighted by molar-refractivity contribution is 0.786. The molecule has 0 fully saturated rings. The van der Waals surface area contributed by atoms with Crippen molar-refractivity contribution in [2.24, 2.45) is 0 Å². The van der Waals surface area contributed by atoms with Crippen LogP contribution in [0.5, 0.6) is 0 Å². The van der Waals surface area contributed by atoms with E-state index in [2.05, 4.69) is 89.9 Å². The van der Waals surface area contributed by atoms with Gasteiger partial charge in [-0.25, -0.2) is 4.98 Å². The molecule has 0 radical (unpaired) electrons. The second-order valence-electron chi connectivity index (χ2n) is 10.5. The molecule has 42 heavy (non-hydrogen) atoms. The lowest BCUT2D eigenvalue weighted by atomic mass is 10.1. The minimum absolute atomic E-state index is 0.510. The van der Waals surface area contributed by atoms with Crippen molar-refractivity contribution in [2.45, 2.75) is 39.3 Å². The number of fused-ring (bicyclic) bond motifs is 1. The molecule has 2 aromatic heterocycles. The normalized spacial score (nSPS) is 11.1. The van der Waals surface area contributed by atoms with Crippen LogP contribution in [-0.4, -0.2) is 19.5 Å². The largest absolute Gasteiger partial charge is 0.399 e. The van der Waals surface area contributed by atoms with E-state index in [1.807, 2.05) is 41.0 Å². The second-order valence-corrected chi connectivity index (χ2v) is 10.5. The monoisotopic (exact) mass is 553 g/mol. The predicted molar refractivity (Wildman–Crippen MR) is 172 cm³/mol. The average molecular weight is 554 g/mol. The van der Waals surface area contributed by atoms with Crippen LogP contribution in [0.1, 0.15) is 36.5 Å². The van der Waals surface area contributed by atoms with Gasteiger partial charge in [-0.2, -0.15) is 9.97 Å². The van der Waals surface area contributed by atoms with Gasteiger partial charge in [-0.3, -0.25) is 4.57 Å². The number of benzene rings is 4. The van der Waals surface area contributed by atoms with E-state index in [1.165, 1.54) is 29.5 Å². The number of aromatic nitrogens is 4. The predicted octanol–water partition coefficient (Wildman–Crippen LogP) is 7.69. The summed E-state index contributed by atoms with van der Waals surface area (Å²) in [5.74, 6) is 1.27. The van der Waals surface area contributed by atoms with Crippen LogP contribution in [0.15, 0.2) is 116 Å². The summed E-state index contributed by atoms with van der Waals surface area (Å²) in [4.78, 5) is 17.2. The van der Waals surface area contributed by atoms with Gasteiger partial charge in [0.2, 0.25) is 5.95 Å². The molecule has 0 aliphatic heterocycles. The number of hydrogen-bond donors (Lipinski definition) is 2. The van der Waals surface area contributed by atoms with Gasteiger partial charge in [0.15, 0.2) is 17.0 Å². The number of aryl methyl sites for hydroxylation is 1. The molecule has 0 aliphatic carbocycles. The van der Waals surface area contributed by atoms with E-state index < -0.39 is 0 Å². The number of nitrogens with one attached hydrogen (secondary N) is 1. The van der Waals surface area contributed by atoms with E-state index in [9.17, 15) is 0 Å². The number of nitrogen functional groups attached to an aromatic ring is 1. The minimum Gasteiger partial charge on any atom is -0.399 e. The van der Waals surface area contributed by atoms with Crippen molar-refractivity contribution in [1.29, 1.82) is 0 Å². The summed E-state index contributed by atoms with van der Waals surface area (Å²) >= 11 is 0. The van der Waals surface area contributed by atoms with Crippen LogP contribution in [0.2, 0.25) is 0 Å². The van der Waals surface area contributed by atoms with Crippen molar-refractivity contribution in [3.8, 4) is 5.69 Å². The van der Waals surface area contributed by atoms with Gasteiger partial charge in [0.1, 0.15) is 6.33 Å². The van der Waals surface area contributed by atoms with Gasteiger partial charge in [-0.15, -0.1) is 0 Å². The van der Waals surface area contributed by atoms with Gasteiger partial charge in [0, 0.05) is 24.5 Å². The average Bonchev–Trinajstić information content (AvgIpc) is 3.45. The summed E-state index contributed by atoms with van der Waals surface area (Å²) in [5, 5.41) is 3.47. The Kier molecular flexibility index (Phi) is 8.08. The molecular weight excluding hydrogens is 518 g/mol. The zero-order chi connectivity index (χ0) is 28.7. The third-order valence-corrected chi connectivity index (χ3v) is 7.29. The van der Waals surface area contributed by atoms with E-state index in [0.29, 0.717) is 30.4 Å². The molecule has 2 heterocycles. The summed E-state index contributed by atoms with van der Waals surface area (Å²) < 4.78 is 1.97. The van der Waals surface area contributed by atoms with Crippen molar-refractivity contribution in [1.82, 2.24) is 19.5 Å². The Bertz CT molecular complexity index is 1700. The molecule has 6 rings (SSSR count). The van der Waals surface area contributed by atoms with Crippen LogP contribution in [0.4, 0.5) is 23.1 Å². The molecular formula is C35H35N7. The first-order valence-corrected chi connectivity index (χ1v) is 14.5. The van der Waals surface area contributed by atoms with Gasteiger partial charge >= 0.3 is 0 Å². The van der Waals surface area contributed by atoms with Crippen molar-refractivity contribution in [2.75, 3.05) is 16.0 Å². The topological polar surface area (TPSA) is 84.9 Å². The first-order chi connectivity index (χ1) is 20.7. The molecule has 0 unspecified atom stereocenters. The highest BCUT2D eigenvalue weighted by atomic mass is 15.3. The highest BCUT2D eigenvalue weighted by molar-refractivity contribution is 5.86. The number of nitrogens with two attached hydrogens (primary N) is 1. The Hall–Kier alpha value is -5.17. The summed E-state index contributed by atoms with van der Waals surface area (Å²) in [6.45, 7) is 3.55. The van der Waals surface area contributed by atoms with Gasteiger partial charge < -0.3 is 16.0 Å². The van der Waals surface area contributed by atoms with Gasteiger partial charge in [0.25, 0.3) is 0 Å². The SMILES string of the molecule is CCCCc1ccc(Nc2nc(N(Cc3ccccc3)Cc3ccccc3)c3ncn(-c4cccc(N)c4)c3n2)cc1. The maximum absolute atomic E-state index is 6.15. The minimum atomic E-state index is 0.510. The fourth-order valence-electron chi connectivity index (χ4n) is 5.10. The molecule has 7 nitrogen and oxygen atoms in total. The van der Waals surface area contributed by atoms with Crippen molar-refractivity contribution in [3.05, 3.63) is 132 Å². The van der Waals surface area contributed by atoms with Crippen LogP contribution < -0.4 is 16.0 Å². The molecule has 0 atom stereocenters. The van der Waals surface area contributed by atoms with Gasteiger partial charge in [-0.05, 0) is 59.9 Å². The smallest absolute Gasteiger partial charge is 0.231 e. The van der Waals surface area contributed by atoms with Crippen molar-refractivity contribution >= 4 is 34.3 Å². The molecule has 0 saturated carbocycles. The Labute approximate surface area is 246 Å². The Morgan fingerprint density at radius 1 is 0.762 bits per heavy atom. The van der Waals surface area contributed by atoms with E-state index in [1.54, 1.807) is 6.33 Å². The number of imidazole rings is 1. The van der Waals surface area contributed by atoms with Crippen molar-refractivity contribution in [3.63, 3.8) is 0 Å². The number of rotatable bonds is 11. The lowest BCUT2D eigenvalue weighted by Gasteiger charge is -2.25. The molecule has 3 N–H and O–H groups in total.